The molecule has 0 saturated carbocycles. The second kappa shape index (κ2) is 12.1. The molecule has 3 rings (SSSR count). The first kappa shape index (κ1) is 27.9. The highest BCUT2D eigenvalue weighted by Crippen LogP contribution is 2.55. The molecule has 2 unspecified atom stereocenters. The van der Waals surface area contributed by atoms with E-state index < -0.39 is 15.2 Å². The van der Waals surface area contributed by atoms with Gasteiger partial charge < -0.3 is 27.6 Å². The summed E-state index contributed by atoms with van der Waals surface area (Å²) in [5.74, 6) is 0.918. The van der Waals surface area contributed by atoms with Gasteiger partial charge in [-0.3, -0.25) is 9.13 Å². The van der Waals surface area contributed by atoms with Gasteiger partial charge in [-0.1, -0.05) is 12.1 Å². The first-order valence-corrected chi connectivity index (χ1v) is 15.2. The summed E-state index contributed by atoms with van der Waals surface area (Å²) in [5.41, 5.74) is 0.868. The normalized spacial score (nSPS) is 18.3. The second-order valence-corrected chi connectivity index (χ2v) is 12.0. The summed E-state index contributed by atoms with van der Waals surface area (Å²) >= 11 is 0. The Morgan fingerprint density at radius 3 is 1.34 bits per heavy atom. The molecule has 10 heteroatoms. The van der Waals surface area contributed by atoms with E-state index >= 15 is 0 Å². The monoisotopic (exact) mass is 526 g/mol. The fraction of sp³-hybridized carbons (Fsp3) is 0.520. The van der Waals surface area contributed by atoms with Crippen LogP contribution in [0.25, 0.3) is 11.1 Å². The molecule has 2 aromatic carbocycles. The first-order chi connectivity index (χ1) is 16.7. The maximum absolute atomic E-state index is 14.1. The van der Waals surface area contributed by atoms with Crippen LogP contribution in [0.5, 0.6) is 11.5 Å². The van der Waals surface area contributed by atoms with E-state index in [1.807, 2.05) is 13.8 Å². The van der Waals surface area contributed by atoms with E-state index in [4.69, 9.17) is 27.6 Å². The molecule has 0 bridgehead atoms. The minimum atomic E-state index is -3.78. The predicted octanol–water partition coefficient (Wildman–Crippen LogP) is 6.07. The van der Waals surface area contributed by atoms with Crippen molar-refractivity contribution < 1.29 is 36.7 Å². The molecule has 2 atom stereocenters. The Morgan fingerprint density at radius 2 is 1.03 bits per heavy atom. The van der Waals surface area contributed by atoms with E-state index in [9.17, 15) is 9.13 Å². The van der Waals surface area contributed by atoms with Crippen LogP contribution >= 0.6 is 15.2 Å². The van der Waals surface area contributed by atoms with Crippen molar-refractivity contribution in [3.63, 3.8) is 0 Å². The number of hydrogen-bond acceptors (Lipinski definition) is 8. The van der Waals surface area contributed by atoms with Crippen molar-refractivity contribution in [2.45, 2.75) is 60.2 Å². The Labute approximate surface area is 208 Å². The van der Waals surface area contributed by atoms with E-state index in [-0.39, 0.29) is 38.6 Å². The van der Waals surface area contributed by atoms with E-state index in [0.717, 1.165) is 0 Å². The van der Waals surface area contributed by atoms with Crippen molar-refractivity contribution in [2.24, 2.45) is 0 Å². The van der Waals surface area contributed by atoms with Crippen molar-refractivity contribution >= 4 is 25.8 Å². The van der Waals surface area contributed by atoms with Gasteiger partial charge in [0.25, 0.3) is 0 Å². The van der Waals surface area contributed by atoms with Crippen LogP contribution in [0.2, 0.25) is 0 Å². The Bertz CT molecular complexity index is 997. The van der Waals surface area contributed by atoms with Gasteiger partial charge in [-0.2, -0.15) is 0 Å². The average Bonchev–Trinajstić information content (AvgIpc) is 2.84. The van der Waals surface area contributed by atoms with Crippen LogP contribution in [0.15, 0.2) is 36.4 Å². The molecule has 0 N–H and O–H groups in total. The maximum Gasteiger partial charge on any atom is 0.362 e. The average molecular weight is 527 g/mol. The third kappa shape index (κ3) is 6.02. The minimum absolute atomic E-state index is 0.177. The molecular weight excluding hydrogens is 490 g/mol. The number of fused-ring (bicyclic) bond motifs is 3. The van der Waals surface area contributed by atoms with E-state index in [2.05, 4.69) is 0 Å². The van der Waals surface area contributed by atoms with Gasteiger partial charge in [-0.05, 0) is 65.8 Å². The van der Waals surface area contributed by atoms with Gasteiger partial charge in [0.05, 0.1) is 49.2 Å². The topological polar surface area (TPSA) is 89.5 Å². The molecule has 8 nitrogen and oxygen atoms in total. The molecule has 194 valence electrons. The fourth-order valence-electron chi connectivity index (χ4n) is 4.22. The summed E-state index contributed by atoms with van der Waals surface area (Å²) in [5, 5.41) is 0.606. The quantitative estimate of drug-likeness (QED) is 0.345. The number of rotatable bonds is 10. The lowest BCUT2D eigenvalue weighted by Gasteiger charge is -2.26. The lowest BCUT2D eigenvalue weighted by molar-refractivity contribution is 0.134. The molecule has 0 fully saturated rings. The molecule has 0 spiro atoms. The molecular formula is C25H36O8P2. The highest BCUT2D eigenvalue weighted by Gasteiger charge is 2.39. The molecule has 1 heterocycles. The molecule has 0 saturated heterocycles. The lowest BCUT2D eigenvalue weighted by atomic mass is 10.0. The molecule has 35 heavy (non-hydrogen) atoms. The van der Waals surface area contributed by atoms with Crippen LogP contribution in [-0.4, -0.2) is 38.6 Å². The van der Waals surface area contributed by atoms with Crippen LogP contribution in [-0.2, 0) is 27.2 Å². The largest absolute Gasteiger partial charge is 0.490 e. The van der Waals surface area contributed by atoms with E-state index in [1.54, 1.807) is 64.1 Å². The smallest absolute Gasteiger partial charge is 0.362 e. The lowest BCUT2D eigenvalue weighted by Crippen LogP contribution is -2.22. The number of benzene rings is 2. The van der Waals surface area contributed by atoms with Crippen molar-refractivity contribution in [1.29, 1.82) is 0 Å². The summed E-state index contributed by atoms with van der Waals surface area (Å²) in [4.78, 5) is 0. The van der Waals surface area contributed by atoms with Gasteiger partial charge in [-0.15, -0.1) is 0 Å². The Kier molecular flexibility index (Phi) is 9.61. The summed E-state index contributed by atoms with van der Waals surface area (Å²) < 4.78 is 63.7. The SMILES string of the molecule is CCOP(=O)(OCC)c1cccc2c1-c1c(cccc1P(=O)(OCC)OCC)OC(C)CC(C)O2. The highest BCUT2D eigenvalue weighted by molar-refractivity contribution is 7.63. The molecule has 0 aromatic heterocycles. The third-order valence-electron chi connectivity index (χ3n) is 5.36. The van der Waals surface area contributed by atoms with Crippen LogP contribution in [0.4, 0.5) is 0 Å². The zero-order valence-electron chi connectivity index (χ0n) is 21.3. The van der Waals surface area contributed by atoms with E-state index in [0.29, 0.717) is 39.7 Å². The Hall–Kier alpha value is -1.66. The summed E-state index contributed by atoms with van der Waals surface area (Å²) in [6.07, 6.45) is 0.193. The zero-order chi connectivity index (χ0) is 25.6. The van der Waals surface area contributed by atoms with Crippen LogP contribution < -0.4 is 20.1 Å². The second-order valence-electron chi connectivity index (χ2n) is 8.06. The zero-order valence-corrected chi connectivity index (χ0v) is 23.1. The van der Waals surface area contributed by atoms with Crippen molar-refractivity contribution in [3.8, 4) is 22.6 Å². The molecule has 0 amide bonds. The molecule has 0 radical (unpaired) electrons. The van der Waals surface area contributed by atoms with Crippen LogP contribution in [0, 0.1) is 0 Å². The number of hydrogen-bond donors (Lipinski definition) is 0. The van der Waals surface area contributed by atoms with Crippen molar-refractivity contribution in [3.05, 3.63) is 36.4 Å². The highest BCUT2D eigenvalue weighted by atomic mass is 31.2. The first-order valence-electron chi connectivity index (χ1n) is 12.1. The van der Waals surface area contributed by atoms with Gasteiger partial charge >= 0.3 is 15.2 Å². The van der Waals surface area contributed by atoms with Gasteiger partial charge in [-0.25, -0.2) is 0 Å². The van der Waals surface area contributed by atoms with Crippen LogP contribution in [0.3, 0.4) is 0 Å². The molecule has 1 aliphatic rings. The summed E-state index contributed by atoms with van der Waals surface area (Å²) in [6, 6.07) is 10.5. The third-order valence-corrected chi connectivity index (χ3v) is 9.68. The van der Waals surface area contributed by atoms with Crippen molar-refractivity contribution in [2.75, 3.05) is 26.4 Å². The maximum atomic E-state index is 14.1. The molecule has 0 aliphatic carbocycles. The summed E-state index contributed by atoms with van der Waals surface area (Å²) in [7, 11) is -7.56. The Balaban J connectivity index is 2.47. The predicted molar refractivity (Wildman–Crippen MR) is 138 cm³/mol. The number of ether oxygens (including phenoxy) is 2. The Morgan fingerprint density at radius 1 is 0.686 bits per heavy atom. The van der Waals surface area contributed by atoms with Crippen LogP contribution in [0.1, 0.15) is 48.0 Å². The standard InChI is InChI=1S/C25H36O8P2/c1-7-28-34(26,29-8-2)22-15-11-13-20-24(22)25-21(33-19(6)17-18(5)32-20)14-12-16-23(25)35(27,30-9-3)31-10-4/h11-16,18-19H,7-10,17H2,1-6H3. The fourth-order valence-corrected chi connectivity index (χ4v) is 7.82. The molecule has 1 aliphatic heterocycles. The summed E-state index contributed by atoms with van der Waals surface area (Å²) in [6.45, 7) is 11.6. The van der Waals surface area contributed by atoms with E-state index in [1.165, 1.54) is 0 Å². The van der Waals surface area contributed by atoms with Crippen molar-refractivity contribution in [1.82, 2.24) is 0 Å². The molecule has 2 aromatic rings. The van der Waals surface area contributed by atoms with Gasteiger partial charge in [0, 0.05) is 17.5 Å². The van der Waals surface area contributed by atoms with Gasteiger partial charge in [0.15, 0.2) is 0 Å². The van der Waals surface area contributed by atoms with Gasteiger partial charge in [0.2, 0.25) is 0 Å². The minimum Gasteiger partial charge on any atom is -0.490 e. The van der Waals surface area contributed by atoms with Gasteiger partial charge in [0.1, 0.15) is 11.5 Å².